The predicted octanol–water partition coefficient (Wildman–Crippen LogP) is 3.57. The van der Waals surface area contributed by atoms with Crippen molar-refractivity contribution in [2.45, 2.75) is 6.92 Å². The van der Waals surface area contributed by atoms with Gasteiger partial charge in [-0.25, -0.2) is 9.37 Å². The van der Waals surface area contributed by atoms with E-state index in [0.29, 0.717) is 17.1 Å². The molecule has 2 N–H and O–H groups in total. The van der Waals surface area contributed by atoms with E-state index < -0.39 is 17.3 Å². The molecule has 3 aromatic heterocycles. The summed E-state index contributed by atoms with van der Waals surface area (Å²) in [7, 11) is 0. The van der Waals surface area contributed by atoms with E-state index in [2.05, 4.69) is 20.4 Å². The molecule has 0 unspecified atom stereocenters. The summed E-state index contributed by atoms with van der Waals surface area (Å²) in [5, 5.41) is 6.87. The molecule has 4 aromatic rings. The van der Waals surface area contributed by atoms with Crippen molar-refractivity contribution in [3.05, 3.63) is 81.2 Å². The number of aromatic amines is 1. The maximum atomic E-state index is 14.1. The molecular formula is C19H13ClFN5O3. The highest BCUT2D eigenvalue weighted by Crippen LogP contribution is 2.26. The number of carbonyl (C=O) groups is 1. The molecule has 10 heteroatoms. The smallest absolute Gasteiger partial charge is 0.261 e. The van der Waals surface area contributed by atoms with Crippen LogP contribution >= 0.6 is 11.6 Å². The molecule has 0 saturated heterocycles. The first-order chi connectivity index (χ1) is 13.9. The van der Waals surface area contributed by atoms with E-state index in [1.54, 1.807) is 19.1 Å². The van der Waals surface area contributed by atoms with Crippen molar-refractivity contribution >= 4 is 23.3 Å². The standard InChI is InChI=1S/C19H13ClFN5O3/c1-10-8-16(27)24-19(22-10)26-15(9-13(25-26)14-6-3-7-29-14)23-18(28)17-11(20)4-2-5-12(17)21/h2-9H,1H3,(H,23,28)(H,22,24,27). The minimum atomic E-state index is -0.782. The van der Waals surface area contributed by atoms with Crippen LogP contribution in [0.15, 0.2) is 57.9 Å². The van der Waals surface area contributed by atoms with Gasteiger partial charge in [-0.05, 0) is 31.2 Å². The number of nitrogens with zero attached hydrogens (tertiary/aromatic N) is 3. The van der Waals surface area contributed by atoms with Crippen molar-refractivity contribution in [3.8, 4) is 17.4 Å². The van der Waals surface area contributed by atoms with E-state index in [1.165, 1.54) is 35.2 Å². The van der Waals surface area contributed by atoms with Gasteiger partial charge >= 0.3 is 0 Å². The van der Waals surface area contributed by atoms with Gasteiger partial charge in [-0.1, -0.05) is 17.7 Å². The molecule has 0 radical (unpaired) electrons. The number of halogens is 2. The van der Waals surface area contributed by atoms with E-state index in [4.69, 9.17) is 16.0 Å². The van der Waals surface area contributed by atoms with Crippen LogP contribution in [0.3, 0.4) is 0 Å². The Kier molecular flexibility index (Phi) is 4.73. The maximum Gasteiger partial charge on any atom is 0.261 e. The quantitative estimate of drug-likeness (QED) is 0.532. The summed E-state index contributed by atoms with van der Waals surface area (Å²) in [6.45, 7) is 1.65. The molecule has 146 valence electrons. The topological polar surface area (TPSA) is 106 Å². The molecule has 0 fully saturated rings. The number of anilines is 1. The summed E-state index contributed by atoms with van der Waals surface area (Å²) in [5.41, 5.74) is 0.117. The molecule has 4 rings (SSSR count). The third kappa shape index (κ3) is 3.67. The number of aryl methyl sites for hydroxylation is 1. The zero-order chi connectivity index (χ0) is 20.5. The first-order valence-electron chi connectivity index (χ1n) is 8.40. The van der Waals surface area contributed by atoms with Gasteiger partial charge < -0.3 is 9.73 Å². The van der Waals surface area contributed by atoms with Crippen LogP contribution in [0.5, 0.6) is 0 Å². The van der Waals surface area contributed by atoms with Crippen molar-refractivity contribution < 1.29 is 13.6 Å². The van der Waals surface area contributed by atoms with Crippen LogP contribution < -0.4 is 10.9 Å². The van der Waals surface area contributed by atoms with Crippen molar-refractivity contribution in [3.63, 3.8) is 0 Å². The van der Waals surface area contributed by atoms with Crippen molar-refractivity contribution in [2.75, 3.05) is 5.32 Å². The molecule has 0 saturated carbocycles. The number of H-pyrrole nitrogens is 1. The average molecular weight is 414 g/mol. The lowest BCUT2D eigenvalue weighted by Gasteiger charge is -2.09. The van der Waals surface area contributed by atoms with Crippen LogP contribution in [0.2, 0.25) is 5.02 Å². The predicted molar refractivity (Wildman–Crippen MR) is 104 cm³/mol. The van der Waals surface area contributed by atoms with Gasteiger partial charge in [0.05, 0.1) is 16.8 Å². The third-order valence-electron chi connectivity index (χ3n) is 3.97. The molecule has 0 spiro atoms. The number of furan rings is 1. The molecule has 8 nitrogen and oxygen atoms in total. The molecular weight excluding hydrogens is 401 g/mol. The molecule has 29 heavy (non-hydrogen) atoms. The summed E-state index contributed by atoms with van der Waals surface area (Å²) >= 11 is 5.98. The monoisotopic (exact) mass is 413 g/mol. The zero-order valence-electron chi connectivity index (χ0n) is 14.9. The zero-order valence-corrected chi connectivity index (χ0v) is 15.7. The number of nitrogens with one attached hydrogen (secondary N) is 2. The van der Waals surface area contributed by atoms with Gasteiger partial charge in [-0.2, -0.15) is 9.78 Å². The Labute approximate surface area is 168 Å². The lowest BCUT2D eigenvalue weighted by molar-refractivity contribution is 0.102. The Morgan fingerprint density at radius 2 is 2.10 bits per heavy atom. The van der Waals surface area contributed by atoms with Gasteiger partial charge in [-0.3, -0.25) is 14.6 Å². The van der Waals surface area contributed by atoms with Gasteiger partial charge in [0.15, 0.2) is 5.76 Å². The molecule has 0 aliphatic carbocycles. The Balaban J connectivity index is 1.81. The van der Waals surface area contributed by atoms with Gasteiger partial charge in [0.2, 0.25) is 5.95 Å². The van der Waals surface area contributed by atoms with E-state index in [1.807, 2.05) is 0 Å². The van der Waals surface area contributed by atoms with Crippen LogP contribution in [0.4, 0.5) is 10.2 Å². The van der Waals surface area contributed by atoms with Crippen LogP contribution in [-0.4, -0.2) is 25.7 Å². The van der Waals surface area contributed by atoms with Crippen LogP contribution in [0.1, 0.15) is 16.1 Å². The fourth-order valence-corrected chi connectivity index (χ4v) is 2.98. The molecule has 3 heterocycles. The summed E-state index contributed by atoms with van der Waals surface area (Å²) in [6.07, 6.45) is 1.47. The van der Waals surface area contributed by atoms with Gasteiger partial charge in [0.25, 0.3) is 11.5 Å². The van der Waals surface area contributed by atoms with Crippen molar-refractivity contribution in [1.29, 1.82) is 0 Å². The number of hydrogen-bond donors (Lipinski definition) is 2. The summed E-state index contributed by atoms with van der Waals surface area (Å²) < 4.78 is 20.7. The number of hydrogen-bond acceptors (Lipinski definition) is 5. The SMILES string of the molecule is Cc1cc(=O)[nH]c(-n2nc(-c3ccco3)cc2NC(=O)c2c(F)cccc2Cl)n1. The lowest BCUT2D eigenvalue weighted by Crippen LogP contribution is -2.19. The second-order valence-corrected chi connectivity index (χ2v) is 6.47. The Bertz CT molecular complexity index is 1240. The number of aromatic nitrogens is 4. The highest BCUT2D eigenvalue weighted by Gasteiger charge is 2.21. The van der Waals surface area contributed by atoms with Gasteiger partial charge in [0.1, 0.15) is 17.3 Å². The first kappa shape index (κ1) is 18.6. The third-order valence-corrected chi connectivity index (χ3v) is 4.29. The van der Waals surface area contributed by atoms with E-state index in [0.717, 1.165) is 6.07 Å². The second kappa shape index (κ2) is 7.36. The minimum Gasteiger partial charge on any atom is -0.463 e. The highest BCUT2D eigenvalue weighted by molar-refractivity contribution is 6.34. The van der Waals surface area contributed by atoms with Crippen LogP contribution in [0, 0.1) is 12.7 Å². The molecule has 0 aliphatic heterocycles. The summed E-state index contributed by atoms with van der Waals surface area (Å²) in [5.74, 6) is -0.917. The molecule has 0 atom stereocenters. The normalized spacial score (nSPS) is 10.9. The molecule has 0 bridgehead atoms. The van der Waals surface area contributed by atoms with Gasteiger partial charge in [0, 0.05) is 17.8 Å². The van der Waals surface area contributed by atoms with Crippen LogP contribution in [-0.2, 0) is 0 Å². The highest BCUT2D eigenvalue weighted by atomic mass is 35.5. The van der Waals surface area contributed by atoms with E-state index >= 15 is 0 Å². The second-order valence-electron chi connectivity index (χ2n) is 6.07. The Morgan fingerprint density at radius 3 is 2.79 bits per heavy atom. The fourth-order valence-electron chi connectivity index (χ4n) is 2.73. The largest absolute Gasteiger partial charge is 0.463 e. The molecule has 0 aliphatic rings. The first-order valence-corrected chi connectivity index (χ1v) is 8.78. The molecule has 1 aromatic carbocycles. The van der Waals surface area contributed by atoms with Gasteiger partial charge in [-0.15, -0.1) is 0 Å². The number of amides is 1. The Morgan fingerprint density at radius 1 is 1.28 bits per heavy atom. The fraction of sp³-hybridized carbons (Fsp3) is 0.0526. The number of rotatable bonds is 4. The average Bonchev–Trinajstić information content (AvgIpc) is 3.30. The van der Waals surface area contributed by atoms with Crippen molar-refractivity contribution in [2.24, 2.45) is 0 Å². The summed E-state index contributed by atoms with van der Waals surface area (Å²) in [4.78, 5) is 31.3. The minimum absolute atomic E-state index is 0.0399. The number of carbonyl (C=O) groups excluding carboxylic acids is 1. The van der Waals surface area contributed by atoms with Crippen LogP contribution in [0.25, 0.3) is 17.4 Å². The van der Waals surface area contributed by atoms with E-state index in [-0.39, 0.29) is 22.4 Å². The summed E-state index contributed by atoms with van der Waals surface area (Å²) in [6, 6.07) is 10.1. The Hall–Kier alpha value is -3.72. The van der Waals surface area contributed by atoms with Crippen molar-refractivity contribution in [1.82, 2.24) is 19.7 Å². The maximum absolute atomic E-state index is 14.1. The lowest BCUT2D eigenvalue weighted by atomic mass is 10.2. The number of benzene rings is 1. The van der Waals surface area contributed by atoms with E-state index in [9.17, 15) is 14.0 Å². The molecule has 1 amide bonds.